The number of urea groups is 1. The van der Waals surface area contributed by atoms with Gasteiger partial charge in [0, 0.05) is 0 Å². The number of carbonyl (C=O) groups excluding carboxylic acids is 2. The van der Waals surface area contributed by atoms with Gasteiger partial charge in [0.2, 0.25) is 0 Å². The molecule has 78 valence electrons. The predicted octanol–water partition coefficient (Wildman–Crippen LogP) is -0.287. The average Bonchev–Trinajstić information content (AvgIpc) is 2.42. The molecule has 3 amide bonds. The van der Waals surface area contributed by atoms with E-state index in [2.05, 4.69) is 10.6 Å². The third-order valence-corrected chi connectivity index (χ3v) is 3.20. The lowest BCUT2D eigenvalue weighted by atomic mass is 9.76. The van der Waals surface area contributed by atoms with Crippen LogP contribution in [0.4, 0.5) is 4.79 Å². The van der Waals surface area contributed by atoms with Gasteiger partial charge in [0.05, 0.1) is 0 Å². The Morgan fingerprint density at radius 1 is 1.50 bits per heavy atom. The fraction of sp³-hybridized carbons (Fsp3) is 0.778. The molecule has 1 spiro atoms. The number of amides is 3. The van der Waals surface area contributed by atoms with Gasteiger partial charge < -0.3 is 11.1 Å². The summed E-state index contributed by atoms with van der Waals surface area (Å²) in [4.78, 5) is 22.6. The third kappa shape index (κ3) is 1.37. The van der Waals surface area contributed by atoms with Gasteiger partial charge in [-0.25, -0.2) is 4.79 Å². The van der Waals surface area contributed by atoms with Gasteiger partial charge in [-0.2, -0.15) is 0 Å². The van der Waals surface area contributed by atoms with Gasteiger partial charge in [0.1, 0.15) is 5.54 Å². The first-order valence-electron chi connectivity index (χ1n) is 5.00. The molecule has 5 heteroatoms. The molecule has 2 fully saturated rings. The minimum Gasteiger partial charge on any atom is -0.330 e. The number of nitrogens with two attached hydrogens (primary N) is 1. The standard InChI is InChI=1S/C9H15N3O2/c10-5-6-2-1-3-9(4-6)7(13)11-8(14)12-9/h6H,1-5,10H2,(H2,11,12,13,14). The summed E-state index contributed by atoms with van der Waals surface area (Å²) in [6.45, 7) is 0.588. The molecular formula is C9H15N3O2. The molecule has 2 rings (SSSR count). The Balaban J connectivity index is 2.15. The number of nitrogens with one attached hydrogen (secondary N) is 2. The molecule has 1 heterocycles. The van der Waals surface area contributed by atoms with Crippen molar-refractivity contribution in [2.24, 2.45) is 11.7 Å². The summed E-state index contributed by atoms with van der Waals surface area (Å²) in [5.74, 6) is 0.175. The highest BCUT2D eigenvalue weighted by atomic mass is 16.2. The van der Waals surface area contributed by atoms with E-state index in [-0.39, 0.29) is 11.9 Å². The van der Waals surface area contributed by atoms with Crippen LogP contribution in [-0.4, -0.2) is 24.0 Å². The molecular weight excluding hydrogens is 182 g/mol. The maximum Gasteiger partial charge on any atom is 0.322 e. The van der Waals surface area contributed by atoms with Crippen LogP contribution in [0.1, 0.15) is 25.7 Å². The maximum absolute atomic E-state index is 11.6. The van der Waals surface area contributed by atoms with Gasteiger partial charge in [-0.15, -0.1) is 0 Å². The van der Waals surface area contributed by atoms with Crippen molar-refractivity contribution in [1.82, 2.24) is 10.6 Å². The molecule has 2 aliphatic rings. The van der Waals surface area contributed by atoms with E-state index in [1.165, 1.54) is 0 Å². The smallest absolute Gasteiger partial charge is 0.322 e. The van der Waals surface area contributed by atoms with Crippen LogP contribution in [-0.2, 0) is 4.79 Å². The van der Waals surface area contributed by atoms with Crippen molar-refractivity contribution in [3.8, 4) is 0 Å². The van der Waals surface area contributed by atoms with Gasteiger partial charge in [0.15, 0.2) is 0 Å². The van der Waals surface area contributed by atoms with Crippen molar-refractivity contribution >= 4 is 11.9 Å². The fourth-order valence-electron chi connectivity index (χ4n) is 2.44. The van der Waals surface area contributed by atoms with Crippen molar-refractivity contribution in [3.63, 3.8) is 0 Å². The molecule has 1 aliphatic heterocycles. The molecule has 14 heavy (non-hydrogen) atoms. The molecule has 2 unspecified atom stereocenters. The molecule has 0 aromatic rings. The largest absolute Gasteiger partial charge is 0.330 e. The SMILES string of the molecule is NCC1CCCC2(C1)NC(=O)NC2=O. The van der Waals surface area contributed by atoms with Crippen LogP contribution >= 0.6 is 0 Å². The zero-order valence-corrected chi connectivity index (χ0v) is 8.01. The van der Waals surface area contributed by atoms with E-state index in [4.69, 9.17) is 5.73 Å². The predicted molar refractivity (Wildman–Crippen MR) is 50.4 cm³/mol. The van der Waals surface area contributed by atoms with E-state index in [0.29, 0.717) is 18.9 Å². The van der Waals surface area contributed by atoms with Gasteiger partial charge in [0.25, 0.3) is 5.91 Å². The molecule has 1 saturated heterocycles. The average molecular weight is 197 g/mol. The molecule has 0 aromatic heterocycles. The Bertz CT molecular complexity index is 279. The second-order valence-electron chi connectivity index (χ2n) is 4.19. The second-order valence-corrected chi connectivity index (χ2v) is 4.19. The van der Waals surface area contributed by atoms with Crippen LogP contribution in [0.2, 0.25) is 0 Å². The van der Waals surface area contributed by atoms with Crippen LogP contribution < -0.4 is 16.4 Å². The second kappa shape index (κ2) is 3.24. The first-order chi connectivity index (χ1) is 6.66. The van der Waals surface area contributed by atoms with E-state index < -0.39 is 5.54 Å². The number of carbonyl (C=O) groups is 2. The van der Waals surface area contributed by atoms with Gasteiger partial charge in [-0.1, -0.05) is 6.42 Å². The normalized spacial score (nSPS) is 37.1. The summed E-state index contributed by atoms with van der Waals surface area (Å²) in [5, 5.41) is 5.02. The van der Waals surface area contributed by atoms with E-state index in [9.17, 15) is 9.59 Å². The number of imide groups is 1. The van der Waals surface area contributed by atoms with Crippen molar-refractivity contribution in [2.45, 2.75) is 31.2 Å². The monoisotopic (exact) mass is 197 g/mol. The Morgan fingerprint density at radius 3 is 2.86 bits per heavy atom. The summed E-state index contributed by atoms with van der Waals surface area (Å²) >= 11 is 0. The van der Waals surface area contributed by atoms with Crippen LogP contribution in [0.5, 0.6) is 0 Å². The van der Waals surface area contributed by atoms with Gasteiger partial charge in [-0.05, 0) is 31.7 Å². The highest BCUT2D eigenvalue weighted by Crippen LogP contribution is 2.33. The minimum atomic E-state index is -0.653. The Hall–Kier alpha value is -1.10. The highest BCUT2D eigenvalue weighted by molar-refractivity contribution is 6.07. The van der Waals surface area contributed by atoms with Crippen LogP contribution in [0, 0.1) is 5.92 Å². The Labute approximate surface area is 82.4 Å². The third-order valence-electron chi connectivity index (χ3n) is 3.20. The first-order valence-corrected chi connectivity index (χ1v) is 5.00. The lowest BCUT2D eigenvalue weighted by Gasteiger charge is -2.34. The van der Waals surface area contributed by atoms with E-state index >= 15 is 0 Å². The van der Waals surface area contributed by atoms with Crippen LogP contribution in [0.25, 0.3) is 0 Å². The molecule has 4 N–H and O–H groups in total. The molecule has 0 aromatic carbocycles. The minimum absolute atomic E-state index is 0.180. The Kier molecular flexibility index (Phi) is 2.19. The summed E-state index contributed by atoms with van der Waals surface area (Å²) < 4.78 is 0. The highest BCUT2D eigenvalue weighted by Gasteiger charge is 2.48. The summed E-state index contributed by atoms with van der Waals surface area (Å²) in [7, 11) is 0. The van der Waals surface area contributed by atoms with Crippen LogP contribution in [0.15, 0.2) is 0 Å². The first kappa shape index (κ1) is 9.45. The molecule has 0 radical (unpaired) electrons. The quantitative estimate of drug-likeness (QED) is 0.505. The number of hydrogen-bond donors (Lipinski definition) is 3. The zero-order valence-electron chi connectivity index (χ0n) is 8.01. The van der Waals surface area contributed by atoms with E-state index in [0.717, 1.165) is 19.3 Å². The van der Waals surface area contributed by atoms with Crippen LogP contribution in [0.3, 0.4) is 0 Å². The van der Waals surface area contributed by atoms with Crippen molar-refractivity contribution in [2.75, 3.05) is 6.54 Å². The molecule has 0 bridgehead atoms. The molecule has 1 saturated carbocycles. The summed E-state index contributed by atoms with van der Waals surface area (Å²) in [5.41, 5.74) is 4.94. The van der Waals surface area contributed by atoms with Crippen molar-refractivity contribution in [3.05, 3.63) is 0 Å². The lowest BCUT2D eigenvalue weighted by Crippen LogP contribution is -2.51. The summed E-state index contributed by atoms with van der Waals surface area (Å²) in [6.07, 6.45) is 3.43. The molecule has 5 nitrogen and oxygen atoms in total. The molecule has 2 atom stereocenters. The maximum atomic E-state index is 11.6. The van der Waals surface area contributed by atoms with Crippen molar-refractivity contribution in [1.29, 1.82) is 0 Å². The fourth-order valence-corrected chi connectivity index (χ4v) is 2.44. The van der Waals surface area contributed by atoms with Gasteiger partial charge in [-0.3, -0.25) is 10.1 Å². The topological polar surface area (TPSA) is 84.2 Å². The number of hydrogen-bond acceptors (Lipinski definition) is 3. The summed E-state index contributed by atoms with van der Waals surface area (Å²) in [6, 6.07) is -0.368. The number of rotatable bonds is 1. The van der Waals surface area contributed by atoms with Crippen molar-refractivity contribution < 1.29 is 9.59 Å². The lowest BCUT2D eigenvalue weighted by molar-refractivity contribution is -0.125. The zero-order chi connectivity index (χ0) is 10.2. The molecule has 1 aliphatic carbocycles. The Morgan fingerprint density at radius 2 is 2.29 bits per heavy atom. The van der Waals surface area contributed by atoms with E-state index in [1.807, 2.05) is 0 Å². The van der Waals surface area contributed by atoms with Gasteiger partial charge >= 0.3 is 6.03 Å². The van der Waals surface area contributed by atoms with E-state index in [1.54, 1.807) is 0 Å².